The third kappa shape index (κ3) is 6.02. The summed E-state index contributed by atoms with van der Waals surface area (Å²) in [7, 11) is 1.54. The van der Waals surface area contributed by atoms with E-state index >= 15 is 0 Å². The van der Waals surface area contributed by atoms with Crippen LogP contribution < -0.4 is 11.1 Å². The van der Waals surface area contributed by atoms with E-state index in [0.717, 1.165) is 24.1 Å². The van der Waals surface area contributed by atoms with E-state index in [-0.39, 0.29) is 6.09 Å². The minimum Gasteiger partial charge on any atom is -0.444 e. The van der Waals surface area contributed by atoms with E-state index in [9.17, 15) is 4.79 Å². The minimum atomic E-state index is -0.461. The molecule has 2 rings (SSSR count). The summed E-state index contributed by atoms with van der Waals surface area (Å²) in [6.07, 6.45) is 1.52. The fourth-order valence-corrected chi connectivity index (χ4v) is 2.66. The number of anilines is 1. The first kappa shape index (κ1) is 19.7. The topological polar surface area (TPSA) is 105 Å². The Balaban J connectivity index is 1.85. The standard InChI is InChI=1S/C18H28N6O2/c1-18(2,3)26-17(25)24-11-9-15(10-12-24)21-14-7-5-13(6-8-14)16(19)22-23-20-4/h5-8,15,21H,9-12H2,1-4H3,(H2,19,20,22). The smallest absolute Gasteiger partial charge is 0.410 e. The zero-order chi connectivity index (χ0) is 19.2. The summed E-state index contributed by atoms with van der Waals surface area (Å²) in [5.41, 5.74) is 7.17. The Kier molecular flexibility index (Phi) is 6.54. The summed E-state index contributed by atoms with van der Waals surface area (Å²) in [5.74, 6) is 0.327. The van der Waals surface area contributed by atoms with Crippen LogP contribution in [-0.2, 0) is 4.74 Å². The molecule has 0 unspecified atom stereocenters. The molecule has 1 aliphatic rings. The molecule has 142 valence electrons. The summed E-state index contributed by atoms with van der Waals surface area (Å²) in [4.78, 5) is 13.9. The molecular formula is C18H28N6O2. The van der Waals surface area contributed by atoms with E-state index < -0.39 is 5.60 Å². The lowest BCUT2D eigenvalue weighted by Crippen LogP contribution is -2.44. The zero-order valence-electron chi connectivity index (χ0n) is 15.9. The van der Waals surface area contributed by atoms with Gasteiger partial charge >= 0.3 is 6.09 Å². The number of hydrogen-bond acceptors (Lipinski definition) is 5. The van der Waals surface area contributed by atoms with Gasteiger partial charge in [-0.1, -0.05) is 0 Å². The fraction of sp³-hybridized carbons (Fsp3) is 0.556. The SMILES string of the molecule is CN=N/N=C(\N)c1ccc(NC2CCN(C(=O)OC(C)(C)C)CC2)cc1. The Morgan fingerprint density at radius 3 is 2.38 bits per heavy atom. The van der Waals surface area contributed by atoms with Crippen LogP contribution in [0, 0.1) is 0 Å². The highest BCUT2D eigenvalue weighted by Crippen LogP contribution is 2.19. The van der Waals surface area contributed by atoms with Crippen LogP contribution in [0.25, 0.3) is 0 Å². The molecule has 0 atom stereocenters. The van der Waals surface area contributed by atoms with Crippen LogP contribution in [0.15, 0.2) is 39.7 Å². The predicted molar refractivity (Wildman–Crippen MR) is 102 cm³/mol. The van der Waals surface area contributed by atoms with Gasteiger partial charge in [-0.05, 0) is 63.1 Å². The summed E-state index contributed by atoms with van der Waals surface area (Å²) in [6, 6.07) is 8.02. The Morgan fingerprint density at radius 1 is 1.23 bits per heavy atom. The van der Waals surface area contributed by atoms with Gasteiger partial charge in [0.25, 0.3) is 0 Å². The van der Waals surface area contributed by atoms with Crippen molar-refractivity contribution in [2.45, 2.75) is 45.3 Å². The van der Waals surface area contributed by atoms with Crippen molar-refractivity contribution in [2.24, 2.45) is 21.2 Å². The number of carbonyl (C=O) groups excluding carboxylic acids is 1. The number of likely N-dealkylation sites (tertiary alicyclic amines) is 1. The molecule has 1 aromatic carbocycles. The molecule has 26 heavy (non-hydrogen) atoms. The number of carbonyl (C=O) groups is 1. The van der Waals surface area contributed by atoms with E-state index in [4.69, 9.17) is 10.5 Å². The van der Waals surface area contributed by atoms with Gasteiger partial charge in [0, 0.05) is 30.4 Å². The van der Waals surface area contributed by atoms with Crippen molar-refractivity contribution in [1.82, 2.24) is 4.90 Å². The summed E-state index contributed by atoms with van der Waals surface area (Å²) >= 11 is 0. The van der Waals surface area contributed by atoms with E-state index in [1.54, 1.807) is 4.90 Å². The average molecular weight is 360 g/mol. The van der Waals surface area contributed by atoms with Gasteiger partial charge in [-0.15, -0.1) is 5.10 Å². The van der Waals surface area contributed by atoms with Crippen LogP contribution in [0.5, 0.6) is 0 Å². The first-order valence-electron chi connectivity index (χ1n) is 8.75. The lowest BCUT2D eigenvalue weighted by atomic mass is 10.0. The minimum absolute atomic E-state index is 0.237. The summed E-state index contributed by atoms with van der Waals surface area (Å²) < 4.78 is 5.42. The molecule has 1 amide bonds. The highest BCUT2D eigenvalue weighted by Gasteiger charge is 2.26. The third-order valence-electron chi connectivity index (χ3n) is 3.94. The van der Waals surface area contributed by atoms with Crippen molar-refractivity contribution in [3.8, 4) is 0 Å². The maximum atomic E-state index is 12.1. The molecule has 8 heteroatoms. The highest BCUT2D eigenvalue weighted by atomic mass is 16.6. The van der Waals surface area contributed by atoms with Gasteiger partial charge in [0.2, 0.25) is 0 Å². The average Bonchev–Trinajstić information content (AvgIpc) is 2.59. The van der Waals surface area contributed by atoms with Crippen LogP contribution in [0.4, 0.5) is 10.5 Å². The number of rotatable bonds is 4. The molecule has 0 aliphatic carbocycles. The Labute approximate surface area is 154 Å². The van der Waals surface area contributed by atoms with E-state index in [2.05, 4.69) is 20.8 Å². The lowest BCUT2D eigenvalue weighted by molar-refractivity contribution is 0.0210. The fourth-order valence-electron chi connectivity index (χ4n) is 2.66. The first-order chi connectivity index (χ1) is 12.3. The predicted octanol–water partition coefficient (Wildman–Crippen LogP) is 3.20. The zero-order valence-corrected chi connectivity index (χ0v) is 15.9. The van der Waals surface area contributed by atoms with Crippen molar-refractivity contribution in [3.05, 3.63) is 29.8 Å². The van der Waals surface area contributed by atoms with Crippen molar-refractivity contribution >= 4 is 17.6 Å². The number of nitrogens with zero attached hydrogens (tertiary/aromatic N) is 4. The molecular weight excluding hydrogens is 332 g/mol. The largest absolute Gasteiger partial charge is 0.444 e. The first-order valence-corrected chi connectivity index (χ1v) is 8.75. The third-order valence-corrected chi connectivity index (χ3v) is 3.94. The van der Waals surface area contributed by atoms with Crippen molar-refractivity contribution in [3.63, 3.8) is 0 Å². The Hall–Kier alpha value is -2.64. The molecule has 0 saturated carbocycles. The Morgan fingerprint density at radius 2 is 1.85 bits per heavy atom. The number of hydrogen-bond donors (Lipinski definition) is 2. The quantitative estimate of drug-likeness (QED) is 0.372. The number of amides is 1. The molecule has 3 N–H and O–H groups in total. The van der Waals surface area contributed by atoms with Gasteiger partial charge in [-0.3, -0.25) is 0 Å². The highest BCUT2D eigenvalue weighted by molar-refractivity contribution is 5.97. The monoisotopic (exact) mass is 360 g/mol. The second-order valence-electron chi connectivity index (χ2n) is 7.24. The van der Waals surface area contributed by atoms with Crippen LogP contribution in [0.3, 0.4) is 0 Å². The molecule has 0 aromatic heterocycles. The summed E-state index contributed by atoms with van der Waals surface area (Å²) in [6.45, 7) is 7.01. The number of nitrogens with two attached hydrogens (primary N) is 1. The molecule has 0 bridgehead atoms. The van der Waals surface area contributed by atoms with Crippen LogP contribution >= 0.6 is 0 Å². The summed E-state index contributed by atoms with van der Waals surface area (Å²) in [5, 5.41) is 14.4. The van der Waals surface area contributed by atoms with Gasteiger partial charge < -0.3 is 20.7 Å². The molecule has 0 spiro atoms. The maximum Gasteiger partial charge on any atom is 0.410 e. The van der Waals surface area contributed by atoms with Gasteiger partial charge in [0.15, 0.2) is 5.84 Å². The number of ether oxygens (including phenoxy) is 1. The molecule has 1 fully saturated rings. The van der Waals surface area contributed by atoms with Gasteiger partial charge in [-0.2, -0.15) is 5.11 Å². The van der Waals surface area contributed by atoms with Crippen LogP contribution in [0.2, 0.25) is 0 Å². The Bertz CT molecular complexity index is 655. The molecule has 0 radical (unpaired) electrons. The van der Waals surface area contributed by atoms with Gasteiger partial charge in [-0.25, -0.2) is 4.79 Å². The normalized spacial score (nSPS) is 16.8. The van der Waals surface area contributed by atoms with E-state index in [1.165, 1.54) is 7.05 Å². The second-order valence-corrected chi connectivity index (χ2v) is 7.24. The molecule has 8 nitrogen and oxygen atoms in total. The number of benzene rings is 1. The van der Waals surface area contributed by atoms with Crippen molar-refractivity contribution in [2.75, 3.05) is 25.5 Å². The second kappa shape index (κ2) is 8.64. The number of amidine groups is 1. The molecule has 1 aromatic rings. The maximum absolute atomic E-state index is 12.1. The lowest BCUT2D eigenvalue weighted by Gasteiger charge is -2.34. The van der Waals surface area contributed by atoms with Gasteiger partial charge in [0.05, 0.1) is 7.05 Å². The molecule has 1 heterocycles. The van der Waals surface area contributed by atoms with Crippen molar-refractivity contribution in [1.29, 1.82) is 0 Å². The van der Waals surface area contributed by atoms with E-state index in [0.29, 0.717) is 25.0 Å². The van der Waals surface area contributed by atoms with E-state index in [1.807, 2.05) is 45.0 Å². The van der Waals surface area contributed by atoms with Crippen LogP contribution in [0.1, 0.15) is 39.2 Å². The van der Waals surface area contributed by atoms with Crippen molar-refractivity contribution < 1.29 is 9.53 Å². The number of piperidine rings is 1. The molecule has 1 aliphatic heterocycles. The number of nitrogens with one attached hydrogen (secondary N) is 1. The molecule has 1 saturated heterocycles. The van der Waals surface area contributed by atoms with Gasteiger partial charge in [0.1, 0.15) is 5.60 Å². The van der Waals surface area contributed by atoms with Crippen LogP contribution in [-0.4, -0.2) is 48.6 Å².